The summed E-state index contributed by atoms with van der Waals surface area (Å²) >= 11 is 0. The van der Waals surface area contributed by atoms with Crippen molar-refractivity contribution in [1.82, 2.24) is 0 Å². The molecule has 0 aliphatic heterocycles. The predicted octanol–water partition coefficient (Wildman–Crippen LogP) is 20.6. The molecule has 0 saturated heterocycles. The van der Waals surface area contributed by atoms with E-state index in [1.165, 1.54) is 148 Å². The number of hydrogen-bond donors (Lipinski definition) is 0. The molecule has 0 N–H and O–H groups in total. The Morgan fingerprint density at radius 1 is 0.329 bits per heavy atom. The molecule has 0 spiro atoms. The lowest BCUT2D eigenvalue weighted by Gasteiger charge is -2.18. The van der Waals surface area contributed by atoms with E-state index in [9.17, 15) is 9.59 Å². The molecular formula is C65H112O5. The first-order valence-corrected chi connectivity index (χ1v) is 29.8. The van der Waals surface area contributed by atoms with Crippen LogP contribution in [-0.2, 0) is 23.8 Å². The Kier molecular flexibility index (Phi) is 57.4. The summed E-state index contributed by atoms with van der Waals surface area (Å²) < 4.78 is 17.4. The molecule has 5 nitrogen and oxygen atoms in total. The van der Waals surface area contributed by atoms with Gasteiger partial charge < -0.3 is 14.2 Å². The van der Waals surface area contributed by atoms with E-state index in [2.05, 4.69) is 118 Å². The topological polar surface area (TPSA) is 61.8 Å². The highest BCUT2D eigenvalue weighted by molar-refractivity contribution is 5.70. The molecule has 0 heterocycles. The lowest BCUT2D eigenvalue weighted by Crippen LogP contribution is -2.30. The molecule has 0 radical (unpaired) electrons. The number of hydrogen-bond acceptors (Lipinski definition) is 5. The van der Waals surface area contributed by atoms with E-state index in [1.54, 1.807) is 0 Å². The summed E-state index contributed by atoms with van der Waals surface area (Å²) in [5, 5.41) is 0. The minimum absolute atomic E-state index is 0.0546. The van der Waals surface area contributed by atoms with Gasteiger partial charge in [0.2, 0.25) is 0 Å². The van der Waals surface area contributed by atoms with E-state index >= 15 is 0 Å². The number of unbranched alkanes of at least 4 members (excludes halogenated alkanes) is 27. The maximum Gasteiger partial charge on any atom is 0.306 e. The fraction of sp³-hybridized carbons (Fsp3) is 0.723. The second-order valence-corrected chi connectivity index (χ2v) is 19.5. The number of carbonyl (C=O) groups is 2. The van der Waals surface area contributed by atoms with Gasteiger partial charge in [-0.05, 0) is 96.3 Å². The van der Waals surface area contributed by atoms with Crippen molar-refractivity contribution in [1.29, 1.82) is 0 Å². The van der Waals surface area contributed by atoms with Crippen LogP contribution >= 0.6 is 0 Å². The highest BCUT2D eigenvalue weighted by atomic mass is 16.6. The average Bonchev–Trinajstić information content (AvgIpc) is 3.36. The summed E-state index contributed by atoms with van der Waals surface area (Å²) in [6, 6.07) is 0. The highest BCUT2D eigenvalue weighted by Crippen LogP contribution is 2.16. The van der Waals surface area contributed by atoms with Crippen molar-refractivity contribution in [3.63, 3.8) is 0 Å². The van der Waals surface area contributed by atoms with Crippen LogP contribution in [0, 0.1) is 0 Å². The van der Waals surface area contributed by atoms with E-state index in [1.807, 2.05) is 0 Å². The number of ether oxygens (including phenoxy) is 3. The van der Waals surface area contributed by atoms with Crippen LogP contribution in [0.25, 0.3) is 0 Å². The molecule has 402 valence electrons. The molecule has 0 aromatic rings. The predicted molar refractivity (Wildman–Crippen MR) is 306 cm³/mol. The Balaban J connectivity index is 4.37. The smallest absolute Gasteiger partial charge is 0.306 e. The molecule has 0 rings (SSSR count). The van der Waals surface area contributed by atoms with Crippen molar-refractivity contribution < 1.29 is 23.8 Å². The number of carbonyl (C=O) groups excluding carboxylic acids is 2. The van der Waals surface area contributed by atoms with Crippen LogP contribution in [0.4, 0.5) is 0 Å². The maximum absolute atomic E-state index is 12.9. The first kappa shape index (κ1) is 66.8. The third-order valence-electron chi connectivity index (χ3n) is 12.6. The van der Waals surface area contributed by atoms with Gasteiger partial charge in [0.15, 0.2) is 6.10 Å². The molecular weight excluding hydrogens is 861 g/mol. The number of rotatable bonds is 54. The van der Waals surface area contributed by atoms with E-state index in [0.29, 0.717) is 19.4 Å². The van der Waals surface area contributed by atoms with Crippen molar-refractivity contribution in [2.45, 2.75) is 284 Å². The highest BCUT2D eigenvalue weighted by Gasteiger charge is 2.17. The first-order chi connectivity index (χ1) is 34.6. The summed E-state index contributed by atoms with van der Waals surface area (Å²) in [5.74, 6) is -0.438. The fourth-order valence-electron chi connectivity index (χ4n) is 8.21. The lowest BCUT2D eigenvalue weighted by atomic mass is 10.0. The van der Waals surface area contributed by atoms with E-state index in [4.69, 9.17) is 14.2 Å². The Morgan fingerprint density at radius 2 is 0.643 bits per heavy atom. The number of allylic oxidation sites excluding steroid dienone is 16. The first-order valence-electron chi connectivity index (χ1n) is 29.8. The van der Waals surface area contributed by atoms with Gasteiger partial charge in [-0.1, -0.05) is 266 Å². The molecule has 70 heavy (non-hydrogen) atoms. The minimum atomic E-state index is -0.578. The van der Waals surface area contributed by atoms with Crippen molar-refractivity contribution >= 4 is 11.9 Å². The van der Waals surface area contributed by atoms with Gasteiger partial charge in [-0.2, -0.15) is 0 Å². The lowest BCUT2D eigenvalue weighted by molar-refractivity contribution is -0.163. The molecule has 1 unspecified atom stereocenters. The third-order valence-corrected chi connectivity index (χ3v) is 12.6. The van der Waals surface area contributed by atoms with E-state index < -0.39 is 6.10 Å². The van der Waals surface area contributed by atoms with E-state index in [0.717, 1.165) is 96.3 Å². The van der Waals surface area contributed by atoms with Crippen LogP contribution in [0.3, 0.4) is 0 Å². The maximum atomic E-state index is 12.9. The van der Waals surface area contributed by atoms with Gasteiger partial charge in [-0.15, -0.1) is 0 Å². The van der Waals surface area contributed by atoms with Gasteiger partial charge in [0.25, 0.3) is 0 Å². The monoisotopic (exact) mass is 973 g/mol. The Bertz CT molecular complexity index is 1330. The fourth-order valence-corrected chi connectivity index (χ4v) is 8.21. The second-order valence-electron chi connectivity index (χ2n) is 19.5. The van der Waals surface area contributed by atoms with Crippen LogP contribution in [0.15, 0.2) is 97.2 Å². The zero-order valence-corrected chi connectivity index (χ0v) is 46.3. The molecule has 0 aromatic carbocycles. The normalized spacial score (nSPS) is 12.9. The summed E-state index contributed by atoms with van der Waals surface area (Å²) in [4.78, 5) is 25.5. The Hall–Kier alpha value is -3.18. The quantitative estimate of drug-likeness (QED) is 0.0345. The zero-order chi connectivity index (χ0) is 50.6. The van der Waals surface area contributed by atoms with Crippen molar-refractivity contribution in [3.05, 3.63) is 97.2 Å². The summed E-state index contributed by atoms with van der Waals surface area (Å²) in [5.41, 5.74) is 0. The standard InChI is InChI=1S/C65H112O5/c1-4-7-10-13-16-19-22-25-28-30-32-34-36-39-42-45-48-51-54-57-60-68-61-63(70-65(67)59-56-53-50-47-44-41-37-27-24-21-18-15-12-9-6-3)62-69-64(66)58-55-52-49-46-43-40-38-35-33-31-29-26-23-20-17-14-11-8-5-2/h7,10,16,18-19,21,25,27-28,32,34,37,39,42,48,51,63H,4-6,8-9,11-15,17,20,22-24,26,29-31,33,35-36,38,40-41,43-47,49-50,52-62H2,1-3H3/b10-7-,19-16-,21-18-,28-25-,34-32-,37-27-,42-39-,51-48-. The summed E-state index contributed by atoms with van der Waals surface area (Å²) in [7, 11) is 0. The average molecular weight is 974 g/mol. The molecule has 0 aromatic heterocycles. The van der Waals surface area contributed by atoms with Crippen LogP contribution in [0.2, 0.25) is 0 Å². The molecule has 0 aliphatic carbocycles. The van der Waals surface area contributed by atoms with Gasteiger partial charge in [0, 0.05) is 19.4 Å². The van der Waals surface area contributed by atoms with Crippen molar-refractivity contribution in [2.24, 2.45) is 0 Å². The molecule has 0 fully saturated rings. The number of esters is 2. The summed E-state index contributed by atoms with van der Waals surface area (Å²) in [6.07, 6.45) is 81.6. The van der Waals surface area contributed by atoms with Gasteiger partial charge in [-0.3, -0.25) is 9.59 Å². The zero-order valence-electron chi connectivity index (χ0n) is 46.3. The van der Waals surface area contributed by atoms with E-state index in [-0.39, 0.29) is 25.2 Å². The Labute approximate surface area is 434 Å². The SMILES string of the molecule is CC/C=C\C/C=C\C/C=C\C/C=C\C/C=C\C/C=C\CCCOCC(COC(=O)CCCCCCCCCCCCCCCCCCCCC)OC(=O)CCCCCCC/C=C\C/C=C\CCCCC. The third kappa shape index (κ3) is 57.4. The van der Waals surface area contributed by atoms with Crippen molar-refractivity contribution in [3.8, 4) is 0 Å². The molecule has 1 atom stereocenters. The van der Waals surface area contributed by atoms with Gasteiger partial charge in [-0.25, -0.2) is 0 Å². The van der Waals surface area contributed by atoms with Crippen LogP contribution < -0.4 is 0 Å². The Morgan fingerprint density at radius 3 is 1.06 bits per heavy atom. The van der Waals surface area contributed by atoms with Crippen LogP contribution in [-0.4, -0.2) is 37.9 Å². The second kappa shape index (κ2) is 60.1. The van der Waals surface area contributed by atoms with Crippen molar-refractivity contribution in [2.75, 3.05) is 19.8 Å². The van der Waals surface area contributed by atoms with Crippen LogP contribution in [0.5, 0.6) is 0 Å². The molecule has 0 bridgehead atoms. The summed E-state index contributed by atoms with van der Waals surface area (Å²) in [6.45, 7) is 7.56. The molecule has 0 amide bonds. The molecule has 5 heteroatoms. The largest absolute Gasteiger partial charge is 0.462 e. The van der Waals surface area contributed by atoms with Crippen LogP contribution in [0.1, 0.15) is 278 Å². The molecule has 0 saturated carbocycles. The molecule has 0 aliphatic rings. The van der Waals surface area contributed by atoms with Gasteiger partial charge in [0.1, 0.15) is 6.61 Å². The minimum Gasteiger partial charge on any atom is -0.462 e. The van der Waals surface area contributed by atoms with Gasteiger partial charge >= 0.3 is 11.9 Å². The van der Waals surface area contributed by atoms with Gasteiger partial charge in [0.05, 0.1) is 6.61 Å².